The van der Waals surface area contributed by atoms with E-state index in [4.69, 9.17) is 18.6 Å². The number of halogens is 1. The molecular formula is C8H10ClN2O6S+. The van der Waals surface area contributed by atoms with Crippen molar-refractivity contribution in [3.8, 4) is 0 Å². The molecule has 0 saturated carbocycles. The first-order valence-electron chi connectivity index (χ1n) is 4.38. The summed E-state index contributed by atoms with van der Waals surface area (Å²) in [5.41, 5.74) is 1.14. The molecule has 100 valence electrons. The summed E-state index contributed by atoms with van der Waals surface area (Å²) in [5.74, 6) is 0. The van der Waals surface area contributed by atoms with Gasteiger partial charge in [-0.3, -0.25) is 10.1 Å². The van der Waals surface area contributed by atoms with E-state index in [0.717, 1.165) is 10.5 Å². The third-order valence-electron chi connectivity index (χ3n) is 1.84. The van der Waals surface area contributed by atoms with Gasteiger partial charge in [0.2, 0.25) is 0 Å². The third kappa shape index (κ3) is 4.49. The maximum absolute atomic E-state index is 10.5. The van der Waals surface area contributed by atoms with Crippen LogP contribution in [0.3, 0.4) is 0 Å². The molecule has 2 rings (SSSR count). The number of aryl methyl sites for hydroxylation is 1. The molecule has 0 aromatic carbocycles. The zero-order chi connectivity index (χ0) is 13.9. The van der Waals surface area contributed by atoms with Crippen molar-refractivity contribution in [2.24, 2.45) is 0 Å². The van der Waals surface area contributed by atoms with Crippen molar-refractivity contribution in [3.63, 3.8) is 0 Å². The molecule has 2 aromatic rings. The molecule has 2 aromatic heterocycles. The Morgan fingerprint density at radius 2 is 1.94 bits per heavy atom. The van der Waals surface area contributed by atoms with Crippen LogP contribution in [-0.2, 0) is 0 Å². The molecular weight excluding hydrogens is 288 g/mol. The molecule has 0 aliphatic carbocycles. The summed E-state index contributed by atoms with van der Waals surface area (Å²) >= 11 is 1.57. The van der Waals surface area contributed by atoms with Crippen LogP contribution in [0.15, 0.2) is 23.7 Å². The molecule has 0 saturated heterocycles. The van der Waals surface area contributed by atoms with Crippen molar-refractivity contribution >= 4 is 21.9 Å². The molecule has 0 aliphatic heterocycles. The molecule has 0 atom stereocenters. The second-order valence-electron chi connectivity index (χ2n) is 3.16. The normalized spacial score (nSPS) is 11.8. The Labute approximate surface area is 107 Å². The number of fused-ring (bicyclic) bond motifs is 1. The molecule has 2 heterocycles. The second kappa shape index (κ2) is 5.52. The van der Waals surface area contributed by atoms with E-state index in [1.165, 1.54) is 6.07 Å². The van der Waals surface area contributed by atoms with Crippen LogP contribution in [0.2, 0.25) is 0 Å². The van der Waals surface area contributed by atoms with Crippen LogP contribution < -0.4 is 9.06 Å². The van der Waals surface area contributed by atoms with Gasteiger partial charge in [0.1, 0.15) is 0 Å². The minimum atomic E-state index is -4.19. The van der Waals surface area contributed by atoms with Gasteiger partial charge in [0.15, 0.2) is 5.69 Å². The van der Waals surface area contributed by atoms with E-state index >= 15 is 0 Å². The Hall–Kier alpha value is -1.36. The first-order valence-corrected chi connectivity index (χ1v) is 6.59. The fourth-order valence-electron chi connectivity index (χ4n) is 1.16. The summed E-state index contributed by atoms with van der Waals surface area (Å²) in [6.45, 7) is 1.92. The van der Waals surface area contributed by atoms with E-state index in [1.54, 1.807) is 23.6 Å². The molecule has 10 heteroatoms. The summed E-state index contributed by atoms with van der Waals surface area (Å²) in [6, 6.07) is 3.28. The average Bonchev–Trinajstić information content (AvgIpc) is 2.57. The van der Waals surface area contributed by atoms with E-state index in [9.17, 15) is 10.1 Å². The van der Waals surface area contributed by atoms with Gasteiger partial charge >= 0.3 is 34.6 Å². The molecule has 8 nitrogen and oxygen atoms in total. The minimum absolute atomic E-state index is 0.124. The molecule has 0 spiro atoms. The number of thiazole rings is 1. The van der Waals surface area contributed by atoms with Crippen molar-refractivity contribution < 1.29 is 38.2 Å². The van der Waals surface area contributed by atoms with Crippen LogP contribution in [0, 0.1) is 27.3 Å². The quantitative estimate of drug-likeness (QED) is 0.346. The predicted octanol–water partition coefficient (Wildman–Crippen LogP) is -1.16. The summed E-state index contributed by atoms with van der Waals surface area (Å²) in [4.78, 5) is 11.1. The van der Waals surface area contributed by atoms with Crippen LogP contribution in [-0.4, -0.2) is 18.9 Å². The number of rotatable bonds is 1. The fraction of sp³-hybridized carbons (Fsp3) is 0.125. The van der Waals surface area contributed by atoms with E-state index in [0.29, 0.717) is 0 Å². The van der Waals surface area contributed by atoms with Gasteiger partial charge in [0.05, 0.1) is 10.3 Å². The topological polar surface area (TPSA) is 131 Å². The van der Waals surface area contributed by atoms with E-state index in [2.05, 4.69) is 0 Å². The zero-order valence-corrected chi connectivity index (χ0v) is 10.6. The van der Waals surface area contributed by atoms with Gasteiger partial charge in [0.25, 0.3) is 11.0 Å². The van der Waals surface area contributed by atoms with Gasteiger partial charge in [-0.2, -0.15) is 0 Å². The Morgan fingerprint density at radius 1 is 1.39 bits per heavy atom. The van der Waals surface area contributed by atoms with Gasteiger partial charge in [0, 0.05) is 19.1 Å². The summed E-state index contributed by atoms with van der Waals surface area (Å²) < 4.78 is 32.0. The number of hydrogen-bond acceptors (Lipinski definition) is 7. The van der Waals surface area contributed by atoms with Crippen LogP contribution >= 0.6 is 11.3 Å². The predicted molar refractivity (Wildman–Crippen MR) is 55.5 cm³/mol. The molecule has 0 bridgehead atoms. The molecule has 0 unspecified atom stereocenters. The standard InChI is InChI=1S/C8H7N2O2S.ClH3O4/c1-6-5-13-8-3-2-7(10(11)12)4-9(6)8;2-1(3,4)5/h2-5H,1H3;2-4H/q+1;. The number of aromatic nitrogens is 1. The molecule has 0 amide bonds. The number of nitrogens with zero attached hydrogens (tertiary/aromatic N) is 2. The van der Waals surface area contributed by atoms with Crippen molar-refractivity contribution in [1.29, 1.82) is 0 Å². The second-order valence-corrected chi connectivity index (χ2v) is 4.92. The van der Waals surface area contributed by atoms with Crippen LogP contribution in [0.25, 0.3) is 4.83 Å². The Kier molecular flexibility index (Phi) is 4.51. The third-order valence-corrected chi connectivity index (χ3v) is 2.87. The van der Waals surface area contributed by atoms with E-state index in [-0.39, 0.29) is 10.6 Å². The summed E-state index contributed by atoms with van der Waals surface area (Å²) in [7, 11) is -4.19. The number of nitro groups is 1. The molecule has 0 fully saturated rings. The average molecular weight is 298 g/mol. The van der Waals surface area contributed by atoms with Crippen molar-refractivity contribution in [3.05, 3.63) is 39.5 Å². The Morgan fingerprint density at radius 3 is 2.44 bits per heavy atom. The van der Waals surface area contributed by atoms with Crippen molar-refractivity contribution in [2.45, 2.75) is 6.92 Å². The van der Waals surface area contributed by atoms with Crippen LogP contribution in [0.5, 0.6) is 0 Å². The molecule has 0 aliphatic rings. The molecule has 18 heavy (non-hydrogen) atoms. The Bertz CT molecular complexity index is 560. The summed E-state index contributed by atoms with van der Waals surface area (Å²) in [5, 5.41) is 12.4. The van der Waals surface area contributed by atoms with Gasteiger partial charge in [-0.1, -0.05) is 11.3 Å². The van der Waals surface area contributed by atoms with E-state index < -0.39 is 10.2 Å². The Balaban J connectivity index is 0.000000280. The van der Waals surface area contributed by atoms with Crippen LogP contribution in [0.1, 0.15) is 5.69 Å². The van der Waals surface area contributed by atoms with Gasteiger partial charge in [-0.25, -0.2) is 0 Å². The van der Waals surface area contributed by atoms with E-state index in [1.807, 2.05) is 16.7 Å². The van der Waals surface area contributed by atoms with Crippen molar-refractivity contribution in [1.82, 2.24) is 0 Å². The fourth-order valence-corrected chi connectivity index (χ4v) is 2.02. The summed E-state index contributed by atoms with van der Waals surface area (Å²) in [6.07, 6.45) is 1.54. The van der Waals surface area contributed by atoms with Crippen LogP contribution in [0.4, 0.5) is 5.69 Å². The SMILES string of the molecule is Cc1csc2ccc([N+](=O)[O-])c[n+]12.[O-][Cl+](O)(O)O. The monoisotopic (exact) mass is 297 g/mol. The first-order chi connectivity index (χ1) is 8.18. The van der Waals surface area contributed by atoms with Gasteiger partial charge in [-0.15, -0.1) is 4.40 Å². The zero-order valence-electron chi connectivity index (χ0n) is 9.06. The molecule has 3 N–H and O–H groups in total. The van der Waals surface area contributed by atoms with Crippen molar-refractivity contribution in [2.75, 3.05) is 0 Å². The van der Waals surface area contributed by atoms with Gasteiger partial charge in [-0.05, 0) is 0 Å². The molecule has 0 radical (unpaired) electrons. The number of pyridine rings is 1. The van der Waals surface area contributed by atoms with Gasteiger partial charge < -0.3 is 0 Å². The maximum atomic E-state index is 10.5. The number of hydrogen-bond donors (Lipinski definition) is 3. The first kappa shape index (κ1) is 14.7.